The highest BCUT2D eigenvalue weighted by Gasteiger charge is 2.21. The van der Waals surface area contributed by atoms with Gasteiger partial charge >= 0.3 is 0 Å². The van der Waals surface area contributed by atoms with E-state index in [-0.39, 0.29) is 17.8 Å². The number of hydrogen-bond acceptors (Lipinski definition) is 5. The van der Waals surface area contributed by atoms with E-state index in [0.29, 0.717) is 18.7 Å². The van der Waals surface area contributed by atoms with Crippen molar-refractivity contribution in [3.05, 3.63) is 47.5 Å². The molecule has 2 rings (SSSR count). The van der Waals surface area contributed by atoms with Crippen LogP contribution in [-0.2, 0) is 16.0 Å². The Morgan fingerprint density at radius 3 is 2.33 bits per heavy atom. The van der Waals surface area contributed by atoms with Gasteiger partial charge in [0.2, 0.25) is 11.8 Å². The average Bonchev–Trinajstić information content (AvgIpc) is 2.76. The van der Waals surface area contributed by atoms with Gasteiger partial charge in [0.15, 0.2) is 11.6 Å². The van der Waals surface area contributed by atoms with Gasteiger partial charge < -0.3 is 15.5 Å². The number of halogens is 2. The molecule has 0 fully saturated rings. The molecule has 2 N–H and O–H groups in total. The van der Waals surface area contributed by atoms with E-state index in [1.807, 2.05) is 18.9 Å². The van der Waals surface area contributed by atoms with Crippen LogP contribution in [0.4, 0.5) is 20.4 Å². The van der Waals surface area contributed by atoms with E-state index in [4.69, 9.17) is 0 Å². The maximum atomic E-state index is 13.4. The first-order chi connectivity index (χ1) is 15.8. The molecule has 2 aromatic rings. The monoisotopic (exact) mass is 461 g/mol. The molecular weight excluding hydrogens is 428 g/mol. The van der Waals surface area contributed by atoms with Crippen molar-refractivity contribution in [2.75, 3.05) is 23.8 Å². The smallest absolute Gasteiger partial charge is 0.248 e. The molecular formula is C24H33F2N5O2. The highest BCUT2D eigenvalue weighted by molar-refractivity contribution is 5.96. The highest BCUT2D eigenvalue weighted by atomic mass is 19.1. The first-order valence-electron chi connectivity index (χ1n) is 11.4. The fourth-order valence-corrected chi connectivity index (χ4v) is 3.40. The minimum absolute atomic E-state index is 0.195. The van der Waals surface area contributed by atoms with Crippen molar-refractivity contribution >= 4 is 23.5 Å². The minimum atomic E-state index is -0.802. The zero-order chi connectivity index (χ0) is 24.2. The third-order valence-electron chi connectivity index (χ3n) is 5.16. The summed E-state index contributed by atoms with van der Waals surface area (Å²) in [5.74, 6) is -1.44. The summed E-state index contributed by atoms with van der Waals surface area (Å²) in [6, 6.07) is 5.58. The molecule has 0 spiro atoms. The number of carbonyl (C=O) groups is 2. The van der Waals surface area contributed by atoms with Crippen LogP contribution in [0.25, 0.3) is 0 Å². The fourth-order valence-electron chi connectivity index (χ4n) is 3.40. The second-order valence-electron chi connectivity index (χ2n) is 8.11. The number of carbonyl (C=O) groups excluding carboxylic acids is 2. The molecule has 0 bridgehead atoms. The van der Waals surface area contributed by atoms with Crippen molar-refractivity contribution in [1.82, 2.24) is 15.5 Å². The Bertz CT molecular complexity index is 888. The summed E-state index contributed by atoms with van der Waals surface area (Å²) in [5.41, 5.74) is 0.195. The standard InChI is InChI=1S/C24H33F2N5O2/c1-4-6-7-8-12-31(3)22-11-10-21(29-30-22)28-24(33)20(9-5-2)27-23(32)15-17-13-18(25)16-19(26)14-17/h10-11,13-14,16,20H,4-9,12,15H2,1-3H3,(H,27,32)(H,28,29,33). The fraction of sp³-hybridized carbons (Fsp3) is 0.500. The predicted octanol–water partition coefficient (Wildman–Crippen LogP) is 4.24. The molecule has 1 aromatic carbocycles. The zero-order valence-corrected chi connectivity index (χ0v) is 19.5. The van der Waals surface area contributed by atoms with Gasteiger partial charge in [-0.05, 0) is 42.7 Å². The number of nitrogens with zero attached hydrogens (tertiary/aromatic N) is 3. The van der Waals surface area contributed by atoms with Crippen LogP contribution in [0.15, 0.2) is 30.3 Å². The molecule has 1 heterocycles. The summed E-state index contributed by atoms with van der Waals surface area (Å²) < 4.78 is 26.7. The zero-order valence-electron chi connectivity index (χ0n) is 19.5. The molecule has 33 heavy (non-hydrogen) atoms. The van der Waals surface area contributed by atoms with Crippen LogP contribution < -0.4 is 15.5 Å². The summed E-state index contributed by atoms with van der Waals surface area (Å²) in [7, 11) is 1.95. The molecule has 0 aliphatic carbocycles. The van der Waals surface area contributed by atoms with Crippen molar-refractivity contribution in [1.29, 1.82) is 0 Å². The molecule has 1 aromatic heterocycles. The van der Waals surface area contributed by atoms with Crippen LogP contribution in [0.5, 0.6) is 0 Å². The molecule has 0 saturated heterocycles. The first kappa shape index (κ1) is 26.2. The Morgan fingerprint density at radius 1 is 1.00 bits per heavy atom. The molecule has 1 unspecified atom stereocenters. The van der Waals surface area contributed by atoms with Gasteiger partial charge in [-0.2, -0.15) is 0 Å². The Hall–Kier alpha value is -3.10. The van der Waals surface area contributed by atoms with E-state index >= 15 is 0 Å². The predicted molar refractivity (Wildman–Crippen MR) is 125 cm³/mol. The third kappa shape index (κ3) is 9.11. The van der Waals surface area contributed by atoms with Gasteiger partial charge in [0.05, 0.1) is 6.42 Å². The highest BCUT2D eigenvalue weighted by Crippen LogP contribution is 2.13. The lowest BCUT2D eigenvalue weighted by Gasteiger charge is -2.19. The van der Waals surface area contributed by atoms with E-state index < -0.39 is 29.5 Å². The minimum Gasteiger partial charge on any atom is -0.358 e. The van der Waals surface area contributed by atoms with Gasteiger partial charge in [-0.3, -0.25) is 9.59 Å². The van der Waals surface area contributed by atoms with E-state index in [1.165, 1.54) is 19.3 Å². The molecule has 0 saturated carbocycles. The average molecular weight is 462 g/mol. The summed E-state index contributed by atoms with van der Waals surface area (Å²) in [5, 5.41) is 13.6. The van der Waals surface area contributed by atoms with Crippen molar-refractivity contribution in [2.24, 2.45) is 0 Å². The normalized spacial score (nSPS) is 11.7. The Kier molecular flexibility index (Phi) is 10.7. The number of unbranched alkanes of at least 4 members (excludes halogenated alkanes) is 3. The van der Waals surface area contributed by atoms with E-state index in [1.54, 1.807) is 12.1 Å². The number of benzene rings is 1. The van der Waals surface area contributed by atoms with Crippen molar-refractivity contribution < 1.29 is 18.4 Å². The van der Waals surface area contributed by atoms with Crippen molar-refractivity contribution in [2.45, 2.75) is 64.8 Å². The number of nitrogens with one attached hydrogen (secondary N) is 2. The summed E-state index contributed by atoms with van der Waals surface area (Å²) in [4.78, 5) is 27.1. The van der Waals surface area contributed by atoms with Gasteiger partial charge in [0, 0.05) is 19.7 Å². The largest absolute Gasteiger partial charge is 0.358 e. The molecule has 0 aliphatic rings. The second-order valence-corrected chi connectivity index (χ2v) is 8.11. The summed E-state index contributed by atoms with van der Waals surface area (Å²) >= 11 is 0. The van der Waals surface area contributed by atoms with E-state index in [9.17, 15) is 18.4 Å². The Balaban J connectivity index is 1.92. The number of anilines is 2. The van der Waals surface area contributed by atoms with Gasteiger partial charge in [0.25, 0.3) is 0 Å². The molecule has 180 valence electrons. The van der Waals surface area contributed by atoms with E-state index in [0.717, 1.165) is 31.2 Å². The SMILES string of the molecule is CCCCCCN(C)c1ccc(NC(=O)C(CCC)NC(=O)Cc2cc(F)cc(F)c2)nn1. The number of hydrogen-bond donors (Lipinski definition) is 2. The first-order valence-corrected chi connectivity index (χ1v) is 11.4. The molecule has 9 heteroatoms. The van der Waals surface area contributed by atoms with Crippen LogP contribution in [0.1, 0.15) is 57.9 Å². The maximum Gasteiger partial charge on any atom is 0.248 e. The van der Waals surface area contributed by atoms with Crippen LogP contribution in [0.3, 0.4) is 0 Å². The lowest BCUT2D eigenvalue weighted by molar-refractivity contribution is -0.126. The summed E-state index contributed by atoms with van der Waals surface area (Å²) in [6.45, 7) is 4.93. The second kappa shape index (κ2) is 13.4. The third-order valence-corrected chi connectivity index (χ3v) is 5.16. The quantitative estimate of drug-likeness (QED) is 0.436. The van der Waals surface area contributed by atoms with Crippen LogP contribution in [0, 0.1) is 11.6 Å². The van der Waals surface area contributed by atoms with Crippen LogP contribution in [-0.4, -0.2) is 41.6 Å². The van der Waals surface area contributed by atoms with E-state index in [2.05, 4.69) is 27.8 Å². The molecule has 2 amide bonds. The number of amides is 2. The van der Waals surface area contributed by atoms with Crippen molar-refractivity contribution in [3.63, 3.8) is 0 Å². The topological polar surface area (TPSA) is 87.2 Å². The van der Waals surface area contributed by atoms with Crippen LogP contribution >= 0.6 is 0 Å². The Morgan fingerprint density at radius 2 is 1.73 bits per heavy atom. The number of aromatic nitrogens is 2. The van der Waals surface area contributed by atoms with Gasteiger partial charge in [-0.1, -0.05) is 39.5 Å². The van der Waals surface area contributed by atoms with Gasteiger partial charge in [-0.15, -0.1) is 10.2 Å². The van der Waals surface area contributed by atoms with Crippen LogP contribution in [0.2, 0.25) is 0 Å². The Labute approximate surface area is 194 Å². The maximum absolute atomic E-state index is 13.4. The van der Waals surface area contributed by atoms with Gasteiger partial charge in [0.1, 0.15) is 17.7 Å². The molecule has 0 aliphatic heterocycles. The molecule has 0 radical (unpaired) electrons. The molecule has 7 nitrogen and oxygen atoms in total. The van der Waals surface area contributed by atoms with Gasteiger partial charge in [-0.25, -0.2) is 8.78 Å². The number of rotatable bonds is 13. The summed E-state index contributed by atoms with van der Waals surface area (Å²) in [6.07, 6.45) is 5.45. The molecule has 1 atom stereocenters. The lowest BCUT2D eigenvalue weighted by atomic mass is 10.1. The lowest BCUT2D eigenvalue weighted by Crippen LogP contribution is -2.44. The van der Waals surface area contributed by atoms with Crippen molar-refractivity contribution in [3.8, 4) is 0 Å².